The van der Waals surface area contributed by atoms with Crippen molar-refractivity contribution < 1.29 is 23.4 Å². The number of nitrogens with one attached hydrogen (secondary N) is 1. The number of para-hydroxylation sites is 1. The second kappa shape index (κ2) is 6.16. The van der Waals surface area contributed by atoms with E-state index in [1.807, 2.05) is 0 Å². The van der Waals surface area contributed by atoms with Crippen LogP contribution in [-0.4, -0.2) is 22.6 Å². The number of rotatable bonds is 3. The first-order chi connectivity index (χ1) is 11.4. The summed E-state index contributed by atoms with van der Waals surface area (Å²) < 4.78 is 34.3. The number of ether oxygens (including phenoxy) is 1. The molecule has 1 unspecified atom stereocenters. The molecule has 1 aliphatic rings. The number of carbonyl (C=O) groups is 1. The standard InChI is InChI=1S/C17H16F2N2O3/c1-10-4-3-8-20-15(10)17(18,19)16(23)21-12-6-2-5-11-13(22)7-9-24-14(11)12/h2-6,8,13,22H,7,9H2,1H3,(H,21,23). The fourth-order valence-corrected chi connectivity index (χ4v) is 2.63. The van der Waals surface area contributed by atoms with Gasteiger partial charge in [0, 0.05) is 18.2 Å². The zero-order valence-corrected chi connectivity index (χ0v) is 12.9. The number of nitrogens with zero attached hydrogens (tertiary/aromatic N) is 1. The van der Waals surface area contributed by atoms with Crippen molar-refractivity contribution >= 4 is 11.6 Å². The summed E-state index contributed by atoms with van der Waals surface area (Å²) in [6.07, 6.45) is 0.880. The predicted molar refractivity (Wildman–Crippen MR) is 83.0 cm³/mol. The van der Waals surface area contributed by atoms with Crippen LogP contribution >= 0.6 is 0 Å². The Bertz CT molecular complexity index is 780. The van der Waals surface area contributed by atoms with Crippen LogP contribution in [0, 0.1) is 6.92 Å². The number of carbonyl (C=O) groups excluding carboxylic acids is 1. The highest BCUT2D eigenvalue weighted by molar-refractivity contribution is 5.98. The Morgan fingerprint density at radius 1 is 1.38 bits per heavy atom. The van der Waals surface area contributed by atoms with Crippen LogP contribution < -0.4 is 10.1 Å². The molecule has 24 heavy (non-hydrogen) atoms. The van der Waals surface area contributed by atoms with Crippen molar-refractivity contribution in [3.05, 3.63) is 53.3 Å². The number of pyridine rings is 1. The molecule has 1 atom stereocenters. The molecule has 0 saturated heterocycles. The molecular weight excluding hydrogens is 318 g/mol. The number of aryl methyl sites for hydroxylation is 1. The molecule has 1 aromatic carbocycles. The van der Waals surface area contributed by atoms with Crippen LogP contribution in [0.15, 0.2) is 36.5 Å². The molecule has 7 heteroatoms. The van der Waals surface area contributed by atoms with E-state index in [2.05, 4.69) is 10.3 Å². The molecule has 2 N–H and O–H groups in total. The number of benzene rings is 1. The van der Waals surface area contributed by atoms with Crippen LogP contribution in [0.5, 0.6) is 5.75 Å². The number of hydrogen-bond donors (Lipinski definition) is 2. The summed E-state index contributed by atoms with van der Waals surface area (Å²) in [5, 5.41) is 12.1. The van der Waals surface area contributed by atoms with Crippen molar-refractivity contribution in [2.45, 2.75) is 25.4 Å². The first-order valence-corrected chi connectivity index (χ1v) is 7.46. The third-order valence-electron chi connectivity index (χ3n) is 3.88. The van der Waals surface area contributed by atoms with Crippen molar-refractivity contribution in [3.8, 4) is 5.75 Å². The number of amides is 1. The van der Waals surface area contributed by atoms with Crippen molar-refractivity contribution in [3.63, 3.8) is 0 Å². The van der Waals surface area contributed by atoms with Gasteiger partial charge in [-0.15, -0.1) is 0 Å². The van der Waals surface area contributed by atoms with Crippen LogP contribution in [0.4, 0.5) is 14.5 Å². The summed E-state index contributed by atoms with van der Waals surface area (Å²) in [5.74, 6) is -5.07. The number of hydrogen-bond acceptors (Lipinski definition) is 4. The first-order valence-electron chi connectivity index (χ1n) is 7.46. The van der Waals surface area contributed by atoms with Gasteiger partial charge in [0.05, 0.1) is 18.4 Å². The predicted octanol–water partition coefficient (Wildman–Crippen LogP) is 2.94. The average Bonchev–Trinajstić information content (AvgIpc) is 2.56. The Labute approximate surface area is 137 Å². The molecule has 0 bridgehead atoms. The molecule has 1 amide bonds. The lowest BCUT2D eigenvalue weighted by atomic mass is 10.0. The number of aliphatic hydroxyl groups is 1. The minimum Gasteiger partial charge on any atom is -0.491 e. The Kier molecular flexibility index (Phi) is 4.19. The average molecular weight is 334 g/mol. The number of aliphatic hydroxyl groups excluding tert-OH is 1. The third kappa shape index (κ3) is 2.82. The van der Waals surface area contributed by atoms with Gasteiger partial charge in [0.15, 0.2) is 0 Å². The van der Waals surface area contributed by atoms with E-state index >= 15 is 0 Å². The van der Waals surface area contributed by atoms with E-state index in [1.54, 1.807) is 12.1 Å². The number of aromatic nitrogens is 1. The van der Waals surface area contributed by atoms with Crippen LogP contribution in [0.1, 0.15) is 29.3 Å². The maximum atomic E-state index is 14.4. The monoisotopic (exact) mass is 334 g/mol. The highest BCUT2D eigenvalue weighted by atomic mass is 19.3. The van der Waals surface area contributed by atoms with Gasteiger partial charge < -0.3 is 15.2 Å². The van der Waals surface area contributed by atoms with Gasteiger partial charge in [-0.2, -0.15) is 8.78 Å². The van der Waals surface area contributed by atoms with Crippen molar-refractivity contribution in [1.29, 1.82) is 0 Å². The molecule has 2 aromatic rings. The van der Waals surface area contributed by atoms with E-state index in [4.69, 9.17) is 4.74 Å². The minimum absolute atomic E-state index is 0.101. The van der Waals surface area contributed by atoms with E-state index < -0.39 is 23.6 Å². The number of halogens is 2. The molecule has 126 valence electrons. The molecule has 5 nitrogen and oxygen atoms in total. The molecule has 3 rings (SSSR count). The second-order valence-electron chi connectivity index (χ2n) is 5.57. The number of fused-ring (bicyclic) bond motifs is 1. The first kappa shape index (κ1) is 16.3. The maximum Gasteiger partial charge on any atom is 0.366 e. The van der Waals surface area contributed by atoms with E-state index in [9.17, 15) is 18.7 Å². The fraction of sp³-hybridized carbons (Fsp3) is 0.294. The molecule has 0 radical (unpaired) electrons. The molecule has 1 aromatic heterocycles. The molecule has 2 heterocycles. The van der Waals surface area contributed by atoms with Gasteiger partial charge in [-0.3, -0.25) is 9.78 Å². The van der Waals surface area contributed by atoms with Crippen LogP contribution in [0.2, 0.25) is 0 Å². The molecule has 0 aliphatic carbocycles. The van der Waals surface area contributed by atoms with Crippen molar-refractivity contribution in [2.24, 2.45) is 0 Å². The molecule has 0 fully saturated rings. The van der Waals surface area contributed by atoms with Gasteiger partial charge in [0.1, 0.15) is 11.4 Å². The minimum atomic E-state index is -3.79. The largest absolute Gasteiger partial charge is 0.491 e. The van der Waals surface area contributed by atoms with Crippen molar-refractivity contribution in [2.75, 3.05) is 11.9 Å². The number of alkyl halides is 2. The smallest absolute Gasteiger partial charge is 0.366 e. The third-order valence-corrected chi connectivity index (χ3v) is 3.88. The van der Waals surface area contributed by atoms with Gasteiger partial charge in [-0.05, 0) is 24.6 Å². The molecule has 0 spiro atoms. The Hall–Kier alpha value is -2.54. The lowest BCUT2D eigenvalue weighted by Gasteiger charge is -2.25. The van der Waals surface area contributed by atoms with E-state index in [-0.39, 0.29) is 23.6 Å². The van der Waals surface area contributed by atoms with Gasteiger partial charge >= 0.3 is 11.8 Å². The van der Waals surface area contributed by atoms with Crippen LogP contribution in [0.25, 0.3) is 0 Å². The van der Waals surface area contributed by atoms with E-state index in [0.717, 1.165) is 0 Å². The molecular formula is C17H16F2N2O3. The SMILES string of the molecule is Cc1cccnc1C(F)(F)C(=O)Nc1cccc2c1OCCC2O. The van der Waals surface area contributed by atoms with Crippen LogP contribution in [0.3, 0.4) is 0 Å². The maximum absolute atomic E-state index is 14.4. The molecule has 1 aliphatic heterocycles. The fourth-order valence-electron chi connectivity index (χ4n) is 2.63. The van der Waals surface area contributed by atoms with E-state index in [0.29, 0.717) is 12.0 Å². The van der Waals surface area contributed by atoms with Gasteiger partial charge in [0.2, 0.25) is 0 Å². The summed E-state index contributed by atoms with van der Waals surface area (Å²) in [7, 11) is 0. The Morgan fingerprint density at radius 2 is 2.17 bits per heavy atom. The topological polar surface area (TPSA) is 71.5 Å². The Morgan fingerprint density at radius 3 is 2.92 bits per heavy atom. The normalized spacial score (nSPS) is 16.9. The van der Waals surface area contributed by atoms with E-state index in [1.165, 1.54) is 31.3 Å². The summed E-state index contributed by atoms with van der Waals surface area (Å²) in [6, 6.07) is 7.64. The van der Waals surface area contributed by atoms with Gasteiger partial charge in [-0.1, -0.05) is 18.2 Å². The quantitative estimate of drug-likeness (QED) is 0.905. The summed E-state index contributed by atoms with van der Waals surface area (Å²) in [6.45, 7) is 1.71. The van der Waals surface area contributed by atoms with Gasteiger partial charge in [0.25, 0.3) is 0 Å². The highest BCUT2D eigenvalue weighted by Crippen LogP contribution is 2.39. The lowest BCUT2D eigenvalue weighted by Crippen LogP contribution is -2.34. The number of anilines is 1. The molecule has 0 saturated carbocycles. The highest BCUT2D eigenvalue weighted by Gasteiger charge is 2.44. The van der Waals surface area contributed by atoms with Gasteiger partial charge in [-0.25, -0.2) is 0 Å². The Balaban J connectivity index is 1.91. The summed E-state index contributed by atoms with van der Waals surface area (Å²) >= 11 is 0. The summed E-state index contributed by atoms with van der Waals surface area (Å²) in [5.41, 5.74) is 0.202. The van der Waals surface area contributed by atoms with Crippen molar-refractivity contribution in [1.82, 2.24) is 4.98 Å². The summed E-state index contributed by atoms with van der Waals surface area (Å²) in [4.78, 5) is 15.8. The zero-order chi connectivity index (χ0) is 17.3. The second-order valence-corrected chi connectivity index (χ2v) is 5.57. The zero-order valence-electron chi connectivity index (χ0n) is 12.9. The van der Waals surface area contributed by atoms with Crippen LogP contribution in [-0.2, 0) is 10.7 Å². The lowest BCUT2D eigenvalue weighted by molar-refractivity contribution is -0.141.